The minimum absolute atomic E-state index is 0.232. The van der Waals surface area contributed by atoms with E-state index in [9.17, 15) is 9.59 Å². The molecule has 0 aliphatic carbocycles. The van der Waals surface area contributed by atoms with Crippen LogP contribution in [0.25, 0.3) is 0 Å². The van der Waals surface area contributed by atoms with Crippen molar-refractivity contribution in [3.05, 3.63) is 59.7 Å². The molecule has 1 heterocycles. The van der Waals surface area contributed by atoms with Crippen LogP contribution in [0.4, 0.5) is 11.4 Å². The van der Waals surface area contributed by atoms with Crippen molar-refractivity contribution in [3.63, 3.8) is 0 Å². The lowest BCUT2D eigenvalue weighted by atomic mass is 10.0. The zero-order valence-corrected chi connectivity index (χ0v) is 20.7. The second-order valence-corrected chi connectivity index (χ2v) is 9.61. The van der Waals surface area contributed by atoms with Crippen molar-refractivity contribution < 1.29 is 9.59 Å². The Morgan fingerprint density at radius 1 is 0.909 bits per heavy atom. The van der Waals surface area contributed by atoms with Gasteiger partial charge in [0.1, 0.15) is 0 Å². The lowest BCUT2D eigenvalue weighted by Crippen LogP contribution is -2.49. The first-order chi connectivity index (χ1) is 15.7. The summed E-state index contributed by atoms with van der Waals surface area (Å²) < 4.78 is 0. The van der Waals surface area contributed by atoms with Crippen LogP contribution in [0.5, 0.6) is 0 Å². The molecule has 2 N–H and O–H groups in total. The summed E-state index contributed by atoms with van der Waals surface area (Å²) >= 11 is 5.31. The maximum atomic E-state index is 12.4. The number of thiocarbonyl (C=S) groups is 1. The average molecular weight is 467 g/mol. The molecule has 1 aliphatic rings. The Labute approximate surface area is 202 Å². The Morgan fingerprint density at radius 2 is 1.52 bits per heavy atom. The predicted octanol–water partition coefficient (Wildman–Crippen LogP) is 4.63. The van der Waals surface area contributed by atoms with Crippen molar-refractivity contribution in [2.45, 2.75) is 40.0 Å². The second kappa shape index (κ2) is 11.3. The molecule has 0 radical (unpaired) electrons. The molecule has 2 amide bonds. The van der Waals surface area contributed by atoms with Crippen molar-refractivity contribution in [2.24, 2.45) is 5.92 Å². The molecule has 1 fully saturated rings. The highest BCUT2D eigenvalue weighted by Crippen LogP contribution is 2.20. The Bertz CT molecular complexity index is 963. The fourth-order valence-electron chi connectivity index (χ4n) is 3.80. The normalized spacial score (nSPS) is 13.9. The smallest absolute Gasteiger partial charge is 0.257 e. The van der Waals surface area contributed by atoms with E-state index in [1.807, 2.05) is 53.4 Å². The van der Waals surface area contributed by atoms with Crippen LogP contribution in [-0.4, -0.2) is 48.0 Å². The standard InChI is InChI=1S/C26H34N4O2S/c1-18(2)17-24(31)30-15-13-29(14-16-30)23-11-9-22(10-12-23)27-26(33)28-25(32)21-7-5-20(6-8-21)19(3)4/h5-12,18-19H,13-17H2,1-4H3,(H2,27,28,32,33). The van der Waals surface area contributed by atoms with Crippen molar-refractivity contribution in [1.82, 2.24) is 10.2 Å². The lowest BCUT2D eigenvalue weighted by molar-refractivity contribution is -0.132. The SMILES string of the molecule is CC(C)CC(=O)N1CCN(c2ccc(NC(=S)NC(=O)c3ccc(C(C)C)cc3)cc2)CC1. The van der Waals surface area contributed by atoms with Gasteiger partial charge in [0.2, 0.25) is 5.91 Å². The lowest BCUT2D eigenvalue weighted by Gasteiger charge is -2.36. The van der Waals surface area contributed by atoms with Crippen molar-refractivity contribution in [2.75, 3.05) is 36.4 Å². The Balaban J connectivity index is 1.48. The van der Waals surface area contributed by atoms with Gasteiger partial charge in [-0.05, 0) is 66.0 Å². The number of anilines is 2. The highest BCUT2D eigenvalue weighted by Gasteiger charge is 2.21. The van der Waals surface area contributed by atoms with Crippen molar-refractivity contribution >= 4 is 40.5 Å². The first kappa shape index (κ1) is 24.7. The molecule has 2 aromatic carbocycles. The van der Waals surface area contributed by atoms with Gasteiger partial charge in [0.25, 0.3) is 5.91 Å². The second-order valence-electron chi connectivity index (χ2n) is 9.20. The predicted molar refractivity (Wildman–Crippen MR) is 139 cm³/mol. The van der Waals surface area contributed by atoms with Gasteiger partial charge in [-0.3, -0.25) is 14.9 Å². The summed E-state index contributed by atoms with van der Waals surface area (Å²) in [6.07, 6.45) is 0.611. The summed E-state index contributed by atoms with van der Waals surface area (Å²) in [5.41, 5.74) is 3.68. The third-order valence-electron chi connectivity index (χ3n) is 5.77. The summed E-state index contributed by atoms with van der Waals surface area (Å²) in [7, 11) is 0. The number of piperazine rings is 1. The number of rotatable bonds is 6. The van der Waals surface area contributed by atoms with E-state index < -0.39 is 0 Å². The first-order valence-corrected chi connectivity index (χ1v) is 12.0. The van der Waals surface area contributed by atoms with E-state index in [0.717, 1.165) is 37.6 Å². The van der Waals surface area contributed by atoms with E-state index in [1.165, 1.54) is 5.56 Å². The van der Waals surface area contributed by atoms with Crippen LogP contribution in [0.15, 0.2) is 48.5 Å². The van der Waals surface area contributed by atoms with Gasteiger partial charge in [-0.15, -0.1) is 0 Å². The molecule has 2 aromatic rings. The highest BCUT2D eigenvalue weighted by molar-refractivity contribution is 7.80. The molecule has 0 aromatic heterocycles. The minimum atomic E-state index is -0.232. The fourth-order valence-corrected chi connectivity index (χ4v) is 4.02. The van der Waals surface area contributed by atoms with Gasteiger partial charge < -0.3 is 15.1 Å². The number of hydrogen-bond acceptors (Lipinski definition) is 4. The van der Waals surface area contributed by atoms with Crippen LogP contribution >= 0.6 is 12.2 Å². The summed E-state index contributed by atoms with van der Waals surface area (Å²) in [6, 6.07) is 15.5. The van der Waals surface area contributed by atoms with Crippen LogP contribution < -0.4 is 15.5 Å². The minimum Gasteiger partial charge on any atom is -0.368 e. The van der Waals surface area contributed by atoms with Crippen LogP contribution in [0.2, 0.25) is 0 Å². The maximum absolute atomic E-state index is 12.4. The molecule has 6 nitrogen and oxygen atoms in total. The first-order valence-electron chi connectivity index (χ1n) is 11.6. The van der Waals surface area contributed by atoms with E-state index >= 15 is 0 Å². The molecule has 0 unspecified atom stereocenters. The Hall–Kier alpha value is -2.93. The van der Waals surface area contributed by atoms with Gasteiger partial charge in [0.05, 0.1) is 0 Å². The number of carbonyl (C=O) groups is 2. The Kier molecular flexibility index (Phi) is 8.44. The molecule has 0 bridgehead atoms. The fraction of sp³-hybridized carbons (Fsp3) is 0.423. The molecule has 1 saturated heterocycles. The largest absolute Gasteiger partial charge is 0.368 e. The van der Waals surface area contributed by atoms with Crippen LogP contribution in [-0.2, 0) is 4.79 Å². The average Bonchev–Trinajstić information content (AvgIpc) is 2.79. The van der Waals surface area contributed by atoms with E-state index in [2.05, 4.69) is 43.2 Å². The third kappa shape index (κ3) is 7.02. The number of carbonyl (C=O) groups excluding carboxylic acids is 2. The number of nitrogens with one attached hydrogen (secondary N) is 2. The number of nitrogens with zero attached hydrogens (tertiary/aromatic N) is 2. The molecular weight excluding hydrogens is 432 g/mol. The van der Waals surface area contributed by atoms with Gasteiger partial charge in [-0.25, -0.2) is 0 Å². The monoisotopic (exact) mass is 466 g/mol. The molecule has 0 atom stereocenters. The number of hydrogen-bond donors (Lipinski definition) is 2. The van der Waals surface area contributed by atoms with Gasteiger partial charge in [0.15, 0.2) is 5.11 Å². The molecular formula is C26H34N4O2S. The van der Waals surface area contributed by atoms with E-state index in [4.69, 9.17) is 12.2 Å². The molecule has 33 heavy (non-hydrogen) atoms. The van der Waals surface area contributed by atoms with Crippen molar-refractivity contribution in [1.29, 1.82) is 0 Å². The van der Waals surface area contributed by atoms with Gasteiger partial charge >= 0.3 is 0 Å². The third-order valence-corrected chi connectivity index (χ3v) is 5.98. The number of amides is 2. The van der Waals surface area contributed by atoms with E-state index in [-0.39, 0.29) is 16.9 Å². The molecule has 176 valence electrons. The van der Waals surface area contributed by atoms with Gasteiger partial charge in [0, 0.05) is 49.5 Å². The van der Waals surface area contributed by atoms with E-state index in [0.29, 0.717) is 23.8 Å². The van der Waals surface area contributed by atoms with Gasteiger partial charge in [-0.1, -0.05) is 39.8 Å². The number of benzene rings is 2. The molecule has 3 rings (SSSR count). The zero-order chi connectivity index (χ0) is 24.0. The summed E-state index contributed by atoms with van der Waals surface area (Å²) in [5.74, 6) is 0.820. The van der Waals surface area contributed by atoms with Gasteiger partial charge in [-0.2, -0.15) is 0 Å². The molecule has 0 spiro atoms. The Morgan fingerprint density at radius 3 is 2.06 bits per heavy atom. The summed E-state index contributed by atoms with van der Waals surface area (Å²) in [5, 5.41) is 6.07. The maximum Gasteiger partial charge on any atom is 0.257 e. The quantitative estimate of drug-likeness (QED) is 0.608. The summed E-state index contributed by atoms with van der Waals surface area (Å²) in [6.45, 7) is 11.5. The molecule has 7 heteroatoms. The van der Waals surface area contributed by atoms with Crippen LogP contribution in [0.3, 0.4) is 0 Å². The molecule has 0 saturated carbocycles. The van der Waals surface area contributed by atoms with E-state index in [1.54, 1.807) is 0 Å². The van der Waals surface area contributed by atoms with Crippen LogP contribution in [0.1, 0.15) is 56.0 Å². The molecule has 1 aliphatic heterocycles. The van der Waals surface area contributed by atoms with Crippen LogP contribution in [0, 0.1) is 5.92 Å². The zero-order valence-electron chi connectivity index (χ0n) is 19.9. The highest BCUT2D eigenvalue weighted by atomic mass is 32.1. The topological polar surface area (TPSA) is 64.7 Å². The van der Waals surface area contributed by atoms with Crippen molar-refractivity contribution in [3.8, 4) is 0 Å². The summed E-state index contributed by atoms with van der Waals surface area (Å²) in [4.78, 5) is 29.0.